The van der Waals surface area contributed by atoms with Crippen LogP contribution < -0.4 is 5.32 Å². The van der Waals surface area contributed by atoms with E-state index in [0.29, 0.717) is 6.04 Å². The van der Waals surface area contributed by atoms with Gasteiger partial charge in [-0.05, 0) is 24.8 Å². The third kappa shape index (κ3) is 2.58. The maximum absolute atomic E-state index is 11.3. The molecule has 0 saturated carbocycles. The van der Waals surface area contributed by atoms with Crippen LogP contribution in [0.3, 0.4) is 0 Å². The molecule has 1 aliphatic heterocycles. The van der Waals surface area contributed by atoms with Crippen molar-refractivity contribution in [2.24, 2.45) is 5.92 Å². The fraction of sp³-hybridized carbons (Fsp3) is 0.462. The van der Waals surface area contributed by atoms with Gasteiger partial charge >= 0.3 is 0 Å². The number of hydrogen-bond donors (Lipinski definition) is 1. The molecule has 0 radical (unpaired) electrons. The monoisotopic (exact) mass is 203 g/mol. The highest BCUT2D eigenvalue weighted by Crippen LogP contribution is 2.18. The van der Waals surface area contributed by atoms with Gasteiger partial charge in [0, 0.05) is 12.0 Å². The molecule has 1 heterocycles. The molecule has 2 atom stereocenters. The van der Waals surface area contributed by atoms with Gasteiger partial charge in [-0.2, -0.15) is 0 Å². The molecule has 2 unspecified atom stereocenters. The molecule has 2 heteroatoms. The highest BCUT2D eigenvalue weighted by Gasteiger charge is 2.27. The van der Waals surface area contributed by atoms with E-state index < -0.39 is 0 Å². The summed E-state index contributed by atoms with van der Waals surface area (Å²) in [5.41, 5.74) is 1.35. The summed E-state index contributed by atoms with van der Waals surface area (Å²) >= 11 is 0. The lowest BCUT2D eigenvalue weighted by atomic mass is 10.0. The van der Waals surface area contributed by atoms with Crippen LogP contribution in [0.25, 0.3) is 0 Å². The van der Waals surface area contributed by atoms with Crippen LogP contribution in [0.1, 0.15) is 25.3 Å². The largest absolute Gasteiger partial charge is 0.353 e. The zero-order chi connectivity index (χ0) is 10.7. The standard InChI is InChI=1S/C13H17NO/c1-10-9-12(14-13(10)15)8-7-11-5-3-2-4-6-11/h2-6,10,12H,7-9H2,1H3,(H,14,15). The van der Waals surface area contributed by atoms with Gasteiger partial charge in [-0.3, -0.25) is 4.79 Å². The van der Waals surface area contributed by atoms with Gasteiger partial charge in [-0.15, -0.1) is 0 Å². The SMILES string of the molecule is CC1CC(CCc2ccccc2)NC1=O. The molecule has 1 N–H and O–H groups in total. The third-order valence-electron chi connectivity index (χ3n) is 3.06. The second kappa shape index (κ2) is 4.47. The molecule has 15 heavy (non-hydrogen) atoms. The van der Waals surface area contributed by atoms with Crippen molar-refractivity contribution in [3.63, 3.8) is 0 Å². The molecule has 80 valence electrons. The van der Waals surface area contributed by atoms with Gasteiger partial charge < -0.3 is 5.32 Å². The first-order valence-electron chi connectivity index (χ1n) is 5.60. The van der Waals surface area contributed by atoms with E-state index in [1.165, 1.54) is 5.56 Å². The molecular formula is C13H17NO. The molecule has 0 aromatic heterocycles. The van der Waals surface area contributed by atoms with Gasteiger partial charge in [-0.25, -0.2) is 0 Å². The van der Waals surface area contributed by atoms with E-state index in [9.17, 15) is 4.79 Å². The van der Waals surface area contributed by atoms with Crippen molar-refractivity contribution in [1.29, 1.82) is 0 Å². The van der Waals surface area contributed by atoms with Crippen molar-refractivity contribution in [1.82, 2.24) is 5.32 Å². The topological polar surface area (TPSA) is 29.1 Å². The summed E-state index contributed by atoms with van der Waals surface area (Å²) < 4.78 is 0. The van der Waals surface area contributed by atoms with E-state index in [4.69, 9.17) is 0 Å². The first-order valence-corrected chi connectivity index (χ1v) is 5.60. The second-order valence-corrected chi connectivity index (χ2v) is 4.37. The van der Waals surface area contributed by atoms with Crippen LogP contribution >= 0.6 is 0 Å². The molecule has 0 bridgehead atoms. The van der Waals surface area contributed by atoms with E-state index in [1.54, 1.807) is 0 Å². The van der Waals surface area contributed by atoms with Gasteiger partial charge in [0.05, 0.1) is 0 Å². The average molecular weight is 203 g/mol. The van der Waals surface area contributed by atoms with Crippen LogP contribution in [-0.4, -0.2) is 11.9 Å². The minimum absolute atomic E-state index is 0.200. The maximum atomic E-state index is 11.3. The molecule has 1 aromatic carbocycles. The Bertz CT molecular complexity index is 334. The number of nitrogens with one attached hydrogen (secondary N) is 1. The molecule has 1 fully saturated rings. The van der Waals surface area contributed by atoms with Crippen LogP contribution in [0, 0.1) is 5.92 Å². The number of carbonyl (C=O) groups is 1. The summed E-state index contributed by atoms with van der Waals surface area (Å²) in [5.74, 6) is 0.416. The van der Waals surface area contributed by atoms with Crippen molar-refractivity contribution in [2.45, 2.75) is 32.2 Å². The lowest BCUT2D eigenvalue weighted by molar-refractivity contribution is -0.122. The van der Waals surface area contributed by atoms with Crippen molar-refractivity contribution >= 4 is 5.91 Å². The van der Waals surface area contributed by atoms with Crippen LogP contribution in [0.5, 0.6) is 0 Å². The van der Waals surface area contributed by atoms with Gasteiger partial charge in [0.25, 0.3) is 0 Å². The van der Waals surface area contributed by atoms with Crippen LogP contribution in [0.2, 0.25) is 0 Å². The molecule has 1 amide bonds. The minimum atomic E-state index is 0.200. The summed E-state index contributed by atoms with van der Waals surface area (Å²) in [4.78, 5) is 11.3. The van der Waals surface area contributed by atoms with Crippen molar-refractivity contribution in [2.75, 3.05) is 0 Å². The summed E-state index contributed by atoms with van der Waals surface area (Å²) in [7, 11) is 0. The Kier molecular flexibility index (Phi) is 3.05. The van der Waals surface area contributed by atoms with Crippen LogP contribution in [0.15, 0.2) is 30.3 Å². The quantitative estimate of drug-likeness (QED) is 0.801. The normalized spacial score (nSPS) is 25.3. The molecule has 2 rings (SSSR count). The molecule has 1 saturated heterocycles. The highest BCUT2D eigenvalue weighted by atomic mass is 16.2. The Labute approximate surface area is 90.7 Å². The van der Waals surface area contributed by atoms with E-state index in [1.807, 2.05) is 13.0 Å². The molecule has 1 aromatic rings. The number of hydrogen-bond acceptors (Lipinski definition) is 1. The number of rotatable bonds is 3. The fourth-order valence-electron chi connectivity index (χ4n) is 2.11. The van der Waals surface area contributed by atoms with Gasteiger partial charge in [0.1, 0.15) is 0 Å². The maximum Gasteiger partial charge on any atom is 0.223 e. The Morgan fingerprint density at radius 1 is 1.33 bits per heavy atom. The van der Waals surface area contributed by atoms with Gasteiger partial charge in [0.2, 0.25) is 5.91 Å². The van der Waals surface area contributed by atoms with Crippen LogP contribution in [-0.2, 0) is 11.2 Å². The van der Waals surface area contributed by atoms with E-state index in [-0.39, 0.29) is 11.8 Å². The van der Waals surface area contributed by atoms with E-state index in [2.05, 4.69) is 29.6 Å². The Hall–Kier alpha value is -1.31. The fourth-order valence-corrected chi connectivity index (χ4v) is 2.11. The summed E-state index contributed by atoms with van der Waals surface area (Å²) in [5, 5.41) is 3.03. The first-order chi connectivity index (χ1) is 7.25. The minimum Gasteiger partial charge on any atom is -0.353 e. The highest BCUT2D eigenvalue weighted by molar-refractivity contribution is 5.80. The smallest absolute Gasteiger partial charge is 0.223 e. The van der Waals surface area contributed by atoms with Gasteiger partial charge in [0.15, 0.2) is 0 Å². The summed E-state index contributed by atoms with van der Waals surface area (Å²) in [6.45, 7) is 2.00. The van der Waals surface area contributed by atoms with E-state index >= 15 is 0 Å². The first kappa shape index (κ1) is 10.2. The lowest BCUT2D eigenvalue weighted by Gasteiger charge is -2.09. The molecule has 2 nitrogen and oxygen atoms in total. The Balaban J connectivity index is 1.82. The van der Waals surface area contributed by atoms with Gasteiger partial charge in [-0.1, -0.05) is 37.3 Å². The van der Waals surface area contributed by atoms with E-state index in [0.717, 1.165) is 19.3 Å². The average Bonchev–Trinajstić information content (AvgIpc) is 2.57. The van der Waals surface area contributed by atoms with Crippen molar-refractivity contribution < 1.29 is 4.79 Å². The predicted molar refractivity (Wildman–Crippen MR) is 60.5 cm³/mol. The zero-order valence-corrected chi connectivity index (χ0v) is 9.07. The Morgan fingerprint density at radius 3 is 2.67 bits per heavy atom. The molecular weight excluding hydrogens is 186 g/mol. The number of aryl methyl sites for hydroxylation is 1. The summed E-state index contributed by atoms with van der Waals surface area (Å²) in [6.07, 6.45) is 3.10. The molecule has 0 spiro atoms. The number of amides is 1. The van der Waals surface area contributed by atoms with Crippen molar-refractivity contribution in [3.8, 4) is 0 Å². The lowest BCUT2D eigenvalue weighted by Crippen LogP contribution is -2.26. The zero-order valence-electron chi connectivity index (χ0n) is 9.07. The molecule has 1 aliphatic rings. The third-order valence-corrected chi connectivity index (χ3v) is 3.06. The van der Waals surface area contributed by atoms with Crippen molar-refractivity contribution in [3.05, 3.63) is 35.9 Å². The number of carbonyl (C=O) groups excluding carboxylic acids is 1. The number of benzene rings is 1. The summed E-state index contributed by atoms with van der Waals surface area (Å²) in [6, 6.07) is 10.8. The molecule has 0 aliphatic carbocycles. The van der Waals surface area contributed by atoms with Crippen LogP contribution in [0.4, 0.5) is 0 Å². The Morgan fingerprint density at radius 2 is 2.07 bits per heavy atom. The predicted octanol–water partition coefficient (Wildman–Crippen LogP) is 2.14. The second-order valence-electron chi connectivity index (χ2n) is 4.37.